The lowest BCUT2D eigenvalue weighted by Crippen LogP contribution is -2.30. The van der Waals surface area contributed by atoms with E-state index in [4.69, 9.17) is 0 Å². The molecule has 1 aromatic rings. The van der Waals surface area contributed by atoms with Crippen LogP contribution in [0.3, 0.4) is 0 Å². The van der Waals surface area contributed by atoms with E-state index in [-0.39, 0.29) is 30.7 Å². The Kier molecular flexibility index (Phi) is 11.9. The summed E-state index contributed by atoms with van der Waals surface area (Å²) in [6.45, 7) is 9.23. The number of rotatable bonds is 8. The molecule has 0 bridgehead atoms. The molecule has 25 heavy (non-hydrogen) atoms. The molecule has 1 unspecified atom stereocenters. The number of hydrogen-bond donors (Lipinski definition) is 1. The van der Waals surface area contributed by atoms with Crippen molar-refractivity contribution in [3.8, 4) is 0 Å². The predicted octanol–water partition coefficient (Wildman–Crippen LogP) is 3.84. The van der Waals surface area contributed by atoms with Gasteiger partial charge in [0.15, 0.2) is 0 Å². The fourth-order valence-electron chi connectivity index (χ4n) is 3.29. The third-order valence-electron chi connectivity index (χ3n) is 4.71. The van der Waals surface area contributed by atoms with Gasteiger partial charge in [0.25, 0.3) is 5.91 Å². The summed E-state index contributed by atoms with van der Waals surface area (Å²) in [5, 5.41) is 3.21. The van der Waals surface area contributed by atoms with E-state index in [1.54, 1.807) is 0 Å². The van der Waals surface area contributed by atoms with Gasteiger partial charge in [0, 0.05) is 37.4 Å². The van der Waals surface area contributed by atoms with Crippen molar-refractivity contribution < 1.29 is 4.79 Å². The van der Waals surface area contributed by atoms with Crippen molar-refractivity contribution in [2.75, 3.05) is 44.7 Å². The first kappa shape index (κ1) is 24.0. The summed E-state index contributed by atoms with van der Waals surface area (Å²) in [4.78, 5) is 17.0. The first-order valence-electron chi connectivity index (χ1n) is 8.98. The van der Waals surface area contributed by atoms with Crippen LogP contribution in [-0.2, 0) is 0 Å². The maximum absolute atomic E-state index is 12.6. The van der Waals surface area contributed by atoms with Crippen molar-refractivity contribution >= 4 is 36.4 Å². The maximum atomic E-state index is 12.6. The number of nitrogens with zero attached hydrogens (tertiary/aromatic N) is 2. The molecule has 1 heterocycles. The Balaban J connectivity index is 0.00000288. The topological polar surface area (TPSA) is 35.6 Å². The molecule has 1 N–H and O–H groups in total. The van der Waals surface area contributed by atoms with Gasteiger partial charge in [-0.1, -0.05) is 13.3 Å². The fourth-order valence-corrected chi connectivity index (χ4v) is 3.29. The Hall–Kier alpha value is -0.970. The van der Waals surface area contributed by atoms with Crippen LogP contribution < -0.4 is 10.2 Å². The van der Waals surface area contributed by atoms with E-state index >= 15 is 0 Å². The average molecular weight is 390 g/mol. The van der Waals surface area contributed by atoms with Crippen molar-refractivity contribution in [3.05, 3.63) is 29.8 Å². The molecule has 0 spiro atoms. The molecular weight excluding hydrogens is 357 g/mol. The van der Waals surface area contributed by atoms with Gasteiger partial charge in [0.05, 0.1) is 0 Å². The molecule has 1 saturated heterocycles. The minimum Gasteiger partial charge on any atom is -0.372 e. The quantitative estimate of drug-likeness (QED) is 0.733. The molecule has 1 fully saturated rings. The number of amides is 1. The number of likely N-dealkylation sites (tertiary alicyclic amines) is 1. The first-order valence-corrected chi connectivity index (χ1v) is 8.98. The van der Waals surface area contributed by atoms with E-state index in [1.165, 1.54) is 18.5 Å². The van der Waals surface area contributed by atoms with Crippen LogP contribution in [0.4, 0.5) is 5.69 Å². The molecule has 4 nitrogen and oxygen atoms in total. The molecule has 0 radical (unpaired) electrons. The summed E-state index contributed by atoms with van der Waals surface area (Å²) >= 11 is 0. The second-order valence-corrected chi connectivity index (χ2v) is 6.44. The Labute approximate surface area is 165 Å². The second-order valence-electron chi connectivity index (χ2n) is 6.44. The number of nitrogens with one attached hydrogen (secondary N) is 1. The molecule has 1 amide bonds. The van der Waals surface area contributed by atoms with Crippen LogP contribution in [-0.4, -0.2) is 50.6 Å². The highest BCUT2D eigenvalue weighted by Crippen LogP contribution is 2.20. The summed E-state index contributed by atoms with van der Waals surface area (Å²) in [5.74, 6) is 0.764. The molecule has 0 aromatic heterocycles. The van der Waals surface area contributed by atoms with Crippen molar-refractivity contribution in [2.45, 2.75) is 33.1 Å². The normalized spacial score (nSPS) is 16.1. The molecule has 1 aliphatic rings. The summed E-state index contributed by atoms with van der Waals surface area (Å²) in [6, 6.07) is 8.15. The van der Waals surface area contributed by atoms with Gasteiger partial charge in [0.1, 0.15) is 0 Å². The lowest BCUT2D eigenvalue weighted by molar-refractivity contribution is 0.0787. The third kappa shape index (κ3) is 6.69. The number of benzene rings is 1. The van der Waals surface area contributed by atoms with Crippen molar-refractivity contribution in [3.63, 3.8) is 0 Å². The van der Waals surface area contributed by atoms with E-state index in [1.807, 2.05) is 24.1 Å². The third-order valence-corrected chi connectivity index (χ3v) is 4.71. The second kappa shape index (κ2) is 12.4. The van der Waals surface area contributed by atoms with E-state index in [2.05, 4.69) is 36.2 Å². The van der Waals surface area contributed by atoms with Crippen molar-refractivity contribution in [1.29, 1.82) is 0 Å². The maximum Gasteiger partial charge on any atom is 0.253 e. The van der Waals surface area contributed by atoms with Gasteiger partial charge in [0.2, 0.25) is 0 Å². The van der Waals surface area contributed by atoms with E-state index in [0.29, 0.717) is 5.92 Å². The van der Waals surface area contributed by atoms with Gasteiger partial charge in [-0.25, -0.2) is 0 Å². The van der Waals surface area contributed by atoms with E-state index < -0.39 is 0 Å². The lowest BCUT2D eigenvalue weighted by atomic mass is 10.1. The number of carbonyl (C=O) groups is 1. The summed E-state index contributed by atoms with van der Waals surface area (Å²) in [6.07, 6.45) is 3.51. The van der Waals surface area contributed by atoms with Crippen LogP contribution >= 0.6 is 24.8 Å². The molecule has 1 aliphatic heterocycles. The lowest BCUT2D eigenvalue weighted by Gasteiger charge is -2.23. The standard InChI is InChI=1S/C19H31N3O.2ClH/c1-4-6-12-21(5-2)18-9-7-17(8-10-18)19(23)22-13-11-16(15-22)14-20-3;;/h7-10,16,20H,4-6,11-15H2,1-3H3;2*1H. The number of halogens is 2. The van der Waals surface area contributed by atoms with Crippen LogP contribution in [0.25, 0.3) is 0 Å². The molecule has 1 atom stereocenters. The molecule has 2 rings (SSSR count). The number of unbranched alkanes of at least 4 members (excludes halogenated alkanes) is 1. The van der Waals surface area contributed by atoms with Crippen LogP contribution in [0.2, 0.25) is 0 Å². The van der Waals surface area contributed by atoms with Gasteiger partial charge < -0.3 is 15.1 Å². The van der Waals surface area contributed by atoms with Crippen LogP contribution in [0.1, 0.15) is 43.5 Å². The minimum atomic E-state index is 0. The smallest absolute Gasteiger partial charge is 0.253 e. The van der Waals surface area contributed by atoms with Gasteiger partial charge in [-0.15, -0.1) is 24.8 Å². The SMILES string of the molecule is CCCCN(CC)c1ccc(C(=O)N2CCC(CNC)C2)cc1.Cl.Cl. The fraction of sp³-hybridized carbons (Fsp3) is 0.632. The molecule has 144 valence electrons. The Morgan fingerprint density at radius 2 is 1.92 bits per heavy atom. The van der Waals surface area contributed by atoms with Gasteiger partial charge >= 0.3 is 0 Å². The van der Waals surface area contributed by atoms with E-state index in [9.17, 15) is 4.79 Å². The molecule has 0 aliphatic carbocycles. The predicted molar refractivity (Wildman–Crippen MR) is 112 cm³/mol. The van der Waals surface area contributed by atoms with Crippen molar-refractivity contribution in [2.24, 2.45) is 5.92 Å². The van der Waals surface area contributed by atoms with Crippen molar-refractivity contribution in [1.82, 2.24) is 10.2 Å². The first-order chi connectivity index (χ1) is 11.2. The zero-order valence-electron chi connectivity index (χ0n) is 15.7. The summed E-state index contributed by atoms with van der Waals surface area (Å²) in [7, 11) is 1.97. The monoisotopic (exact) mass is 389 g/mol. The Bertz CT molecular complexity index is 496. The van der Waals surface area contributed by atoms with Crippen LogP contribution in [0, 0.1) is 5.92 Å². The molecular formula is C19H33Cl2N3O. The Morgan fingerprint density at radius 1 is 1.24 bits per heavy atom. The van der Waals surface area contributed by atoms with Gasteiger partial charge in [-0.2, -0.15) is 0 Å². The van der Waals surface area contributed by atoms with Gasteiger partial charge in [-0.3, -0.25) is 4.79 Å². The van der Waals surface area contributed by atoms with Crippen LogP contribution in [0.5, 0.6) is 0 Å². The largest absolute Gasteiger partial charge is 0.372 e. The van der Waals surface area contributed by atoms with Crippen LogP contribution in [0.15, 0.2) is 24.3 Å². The summed E-state index contributed by atoms with van der Waals surface area (Å²) in [5.41, 5.74) is 2.03. The Morgan fingerprint density at radius 3 is 2.48 bits per heavy atom. The van der Waals surface area contributed by atoms with E-state index in [0.717, 1.165) is 44.7 Å². The number of hydrogen-bond acceptors (Lipinski definition) is 3. The number of anilines is 1. The number of carbonyl (C=O) groups excluding carboxylic acids is 1. The molecule has 0 saturated carbocycles. The highest BCUT2D eigenvalue weighted by Gasteiger charge is 2.26. The highest BCUT2D eigenvalue weighted by molar-refractivity contribution is 5.94. The zero-order chi connectivity index (χ0) is 16.7. The van der Waals surface area contributed by atoms with Gasteiger partial charge in [-0.05, 0) is 63.5 Å². The highest BCUT2D eigenvalue weighted by atomic mass is 35.5. The zero-order valence-corrected chi connectivity index (χ0v) is 17.3. The molecule has 1 aromatic carbocycles. The summed E-state index contributed by atoms with van der Waals surface area (Å²) < 4.78 is 0. The average Bonchev–Trinajstić information content (AvgIpc) is 3.04. The minimum absolute atomic E-state index is 0. The molecule has 6 heteroatoms.